The molecule has 0 amide bonds. The number of aryl methyl sites for hydroxylation is 1. The monoisotopic (exact) mass is 519 g/mol. The molecule has 0 fully saturated rings. The zero-order valence-corrected chi connectivity index (χ0v) is 18.1. The van der Waals surface area contributed by atoms with Gasteiger partial charge < -0.3 is 0 Å². The Kier molecular flexibility index (Phi) is 4.70. The van der Waals surface area contributed by atoms with Gasteiger partial charge in [0.05, 0.1) is 0 Å². The predicted molar refractivity (Wildman–Crippen MR) is 104 cm³/mol. The van der Waals surface area contributed by atoms with Gasteiger partial charge in [-0.1, -0.05) is 0 Å². The number of hydrogen-bond acceptors (Lipinski definition) is 2. The van der Waals surface area contributed by atoms with Crippen LogP contribution < -0.4 is 0 Å². The van der Waals surface area contributed by atoms with Crippen molar-refractivity contribution in [1.82, 2.24) is 4.90 Å². The molecular formula is C22H19N2Pb. The van der Waals surface area contributed by atoms with Gasteiger partial charge in [0, 0.05) is 0 Å². The molecule has 25 heavy (non-hydrogen) atoms. The summed E-state index contributed by atoms with van der Waals surface area (Å²) in [6.07, 6.45) is 0. The molecule has 121 valence electrons. The van der Waals surface area contributed by atoms with E-state index in [0.29, 0.717) is 0 Å². The maximum absolute atomic E-state index is 4.96. The standard InChI is InChI=1S/C22H19N2.Pb/c1-17-12-13-20-21(14-17)23-16-24(15-18-8-4-2-5-9-18)22(20)19-10-6-3-7-11-19;/h2-14,22H,15H2,1H3;. The molecule has 2 nitrogen and oxygen atoms in total. The van der Waals surface area contributed by atoms with Crippen molar-refractivity contribution in [3.05, 3.63) is 101 Å². The molecule has 0 spiro atoms. The van der Waals surface area contributed by atoms with E-state index in [4.69, 9.17) is 4.99 Å². The molecule has 1 unspecified atom stereocenters. The Labute approximate surface area is 164 Å². The third-order valence-corrected chi connectivity index (χ3v) is 6.15. The average molecular weight is 519 g/mol. The van der Waals surface area contributed by atoms with Crippen LogP contribution in [0.3, 0.4) is 0 Å². The number of aliphatic imine (C=N–C) groups is 1. The summed E-state index contributed by atoms with van der Waals surface area (Å²) in [5, 5.41) is 0. The first-order valence-electron chi connectivity index (χ1n) is 8.49. The van der Waals surface area contributed by atoms with Crippen LogP contribution in [-0.2, 0) is 6.54 Å². The second kappa shape index (κ2) is 7.12. The first-order chi connectivity index (χ1) is 12.2. The Morgan fingerprint density at radius 1 is 0.920 bits per heavy atom. The summed E-state index contributed by atoms with van der Waals surface area (Å²) in [7, 11) is 0. The molecule has 3 heteroatoms. The van der Waals surface area contributed by atoms with E-state index in [1.54, 1.807) is 0 Å². The van der Waals surface area contributed by atoms with Gasteiger partial charge >= 0.3 is 165 Å². The normalized spacial score (nSPS) is 16.3. The molecule has 1 atom stereocenters. The quantitative estimate of drug-likeness (QED) is 0.457. The predicted octanol–water partition coefficient (Wildman–Crippen LogP) is 4.76. The Balaban J connectivity index is 1.83. The number of hydrogen-bond donors (Lipinski definition) is 0. The molecular weight excluding hydrogens is 499 g/mol. The van der Waals surface area contributed by atoms with E-state index in [0.717, 1.165) is 38.0 Å². The molecule has 0 bridgehead atoms. The minimum atomic E-state index is 0.224. The van der Waals surface area contributed by atoms with Crippen LogP contribution in [0.5, 0.6) is 0 Å². The first kappa shape index (κ1) is 16.5. The van der Waals surface area contributed by atoms with Crippen LogP contribution in [0, 0.1) is 6.92 Å². The van der Waals surface area contributed by atoms with Gasteiger partial charge in [0.2, 0.25) is 0 Å². The molecule has 1 aliphatic rings. The molecule has 3 radical (unpaired) electrons. The van der Waals surface area contributed by atoms with Crippen molar-refractivity contribution in [2.45, 2.75) is 19.5 Å². The fourth-order valence-electron chi connectivity index (χ4n) is 3.39. The molecule has 0 saturated heterocycles. The average Bonchev–Trinajstić information content (AvgIpc) is 2.64. The Morgan fingerprint density at radius 3 is 2.32 bits per heavy atom. The molecule has 0 aromatic heterocycles. The molecule has 0 N–H and O–H groups in total. The number of amidine groups is 1. The van der Waals surface area contributed by atoms with Crippen LogP contribution in [-0.4, -0.2) is 34.1 Å². The summed E-state index contributed by atoms with van der Waals surface area (Å²) < 4.78 is 1.20. The van der Waals surface area contributed by atoms with Crippen molar-refractivity contribution in [1.29, 1.82) is 0 Å². The zero-order chi connectivity index (χ0) is 17.2. The zero-order valence-electron chi connectivity index (χ0n) is 14.2. The minimum absolute atomic E-state index is 0.224. The summed E-state index contributed by atoms with van der Waals surface area (Å²) in [6, 6.07) is 28.4. The van der Waals surface area contributed by atoms with Gasteiger partial charge in [0.25, 0.3) is 0 Å². The molecule has 3 aromatic carbocycles. The van der Waals surface area contributed by atoms with Crippen molar-refractivity contribution in [3.8, 4) is 0 Å². The second-order valence-corrected chi connectivity index (χ2v) is 8.16. The van der Waals surface area contributed by atoms with Crippen LogP contribution in [0.1, 0.15) is 28.3 Å². The summed E-state index contributed by atoms with van der Waals surface area (Å²) in [4.78, 5) is 7.43. The Morgan fingerprint density at radius 2 is 1.60 bits per heavy atom. The SMILES string of the molecule is Cc1ccc2c(c1)N=[C]([Pb])N(Cc1ccccc1)C2c1ccccc1. The van der Waals surface area contributed by atoms with Crippen LogP contribution in [0.2, 0.25) is 0 Å². The van der Waals surface area contributed by atoms with Crippen molar-refractivity contribution < 1.29 is 0 Å². The van der Waals surface area contributed by atoms with E-state index < -0.39 is 0 Å². The maximum atomic E-state index is 4.96. The van der Waals surface area contributed by atoms with E-state index in [1.807, 2.05) is 0 Å². The summed E-state index contributed by atoms with van der Waals surface area (Å²) in [6.45, 7) is 3.02. The van der Waals surface area contributed by atoms with E-state index >= 15 is 0 Å². The topological polar surface area (TPSA) is 15.6 Å². The molecule has 0 saturated carbocycles. The third-order valence-electron chi connectivity index (χ3n) is 4.60. The van der Waals surface area contributed by atoms with E-state index in [9.17, 15) is 0 Å². The Bertz CT molecular complexity index is 904. The third kappa shape index (κ3) is 3.40. The van der Waals surface area contributed by atoms with Crippen molar-refractivity contribution in [3.63, 3.8) is 0 Å². The fourth-order valence-corrected chi connectivity index (χ4v) is 4.67. The molecule has 1 heterocycles. The van der Waals surface area contributed by atoms with Crippen LogP contribution in [0.4, 0.5) is 5.69 Å². The fraction of sp³-hybridized carbons (Fsp3) is 0.136. The summed E-state index contributed by atoms with van der Waals surface area (Å²) in [5.74, 6) is 0. The molecule has 1 aliphatic heterocycles. The number of rotatable bonds is 3. The van der Waals surface area contributed by atoms with E-state index in [-0.39, 0.29) is 6.04 Å². The van der Waals surface area contributed by atoms with E-state index in [2.05, 4.69) is 90.7 Å². The summed E-state index contributed by atoms with van der Waals surface area (Å²) in [5.41, 5.74) is 6.34. The van der Waals surface area contributed by atoms with Crippen molar-refractivity contribution in [2.75, 3.05) is 0 Å². The van der Waals surface area contributed by atoms with Crippen molar-refractivity contribution in [2.24, 2.45) is 4.99 Å². The van der Waals surface area contributed by atoms with Crippen LogP contribution in [0.25, 0.3) is 0 Å². The van der Waals surface area contributed by atoms with Crippen LogP contribution in [0.15, 0.2) is 83.9 Å². The first-order valence-corrected chi connectivity index (χ1v) is 10.4. The number of nitrogens with zero attached hydrogens (tertiary/aromatic N) is 2. The number of benzene rings is 3. The van der Waals surface area contributed by atoms with Gasteiger partial charge in [-0.3, -0.25) is 0 Å². The van der Waals surface area contributed by atoms with Gasteiger partial charge in [-0.05, 0) is 0 Å². The number of fused-ring (bicyclic) bond motifs is 1. The van der Waals surface area contributed by atoms with Gasteiger partial charge in [0.1, 0.15) is 0 Å². The Hall–Kier alpha value is -1.95. The van der Waals surface area contributed by atoms with Crippen molar-refractivity contribution >= 4 is 34.8 Å². The molecule has 0 aliphatic carbocycles. The molecule has 3 aromatic rings. The van der Waals surface area contributed by atoms with Gasteiger partial charge in [-0.2, -0.15) is 0 Å². The van der Waals surface area contributed by atoms with Gasteiger partial charge in [-0.15, -0.1) is 0 Å². The van der Waals surface area contributed by atoms with Gasteiger partial charge in [0.15, 0.2) is 0 Å². The second-order valence-electron chi connectivity index (χ2n) is 6.42. The van der Waals surface area contributed by atoms with Crippen LogP contribution >= 0.6 is 0 Å². The van der Waals surface area contributed by atoms with E-state index in [1.165, 1.54) is 25.6 Å². The summed E-state index contributed by atoms with van der Waals surface area (Å²) >= 11 is 0.926. The molecule has 4 rings (SSSR count). The van der Waals surface area contributed by atoms with Gasteiger partial charge in [-0.25, -0.2) is 0 Å².